The van der Waals surface area contributed by atoms with Crippen LogP contribution in [0.4, 0.5) is 5.69 Å². The van der Waals surface area contributed by atoms with Gasteiger partial charge in [-0.25, -0.2) is 13.1 Å². The van der Waals surface area contributed by atoms with Crippen LogP contribution in [-0.2, 0) is 27.8 Å². The van der Waals surface area contributed by atoms with Gasteiger partial charge < -0.3 is 20.1 Å². The molecule has 35 heavy (non-hydrogen) atoms. The molecule has 2 amide bonds. The fourth-order valence-corrected chi connectivity index (χ4v) is 4.59. The Morgan fingerprint density at radius 1 is 0.943 bits per heavy atom. The van der Waals surface area contributed by atoms with Gasteiger partial charge in [0.1, 0.15) is 0 Å². The average Bonchev–Trinajstić information content (AvgIpc) is 3.34. The summed E-state index contributed by atoms with van der Waals surface area (Å²) in [6.07, 6.45) is 0.757. The fourth-order valence-electron chi connectivity index (χ4n) is 3.52. The Kier molecular flexibility index (Phi) is 7.33. The molecule has 0 bridgehead atoms. The Labute approximate surface area is 203 Å². The molecule has 4 rings (SSSR count). The van der Waals surface area contributed by atoms with Crippen LogP contribution >= 0.6 is 0 Å². The van der Waals surface area contributed by atoms with Crippen molar-refractivity contribution in [3.8, 4) is 11.5 Å². The highest BCUT2D eigenvalue weighted by atomic mass is 32.2. The first-order valence-electron chi connectivity index (χ1n) is 11.0. The van der Waals surface area contributed by atoms with Crippen molar-refractivity contribution in [2.45, 2.75) is 24.8 Å². The van der Waals surface area contributed by atoms with Gasteiger partial charge in [-0.1, -0.05) is 37.3 Å². The number of amides is 2. The van der Waals surface area contributed by atoms with E-state index >= 15 is 0 Å². The third-order valence-corrected chi connectivity index (χ3v) is 6.79. The van der Waals surface area contributed by atoms with Gasteiger partial charge in [-0.15, -0.1) is 0 Å². The Bertz CT molecular complexity index is 1360. The molecular formula is C25H25N3O6S. The second kappa shape index (κ2) is 10.6. The smallest absolute Gasteiger partial charge is 0.251 e. The first kappa shape index (κ1) is 24.2. The molecule has 9 nitrogen and oxygen atoms in total. The maximum absolute atomic E-state index is 12.8. The molecule has 0 saturated carbocycles. The summed E-state index contributed by atoms with van der Waals surface area (Å²) in [6.45, 7) is 1.90. The van der Waals surface area contributed by atoms with E-state index in [-0.39, 0.29) is 36.2 Å². The molecule has 1 aliphatic heterocycles. The summed E-state index contributed by atoms with van der Waals surface area (Å²) in [7, 11) is -3.89. The highest BCUT2D eigenvalue weighted by Crippen LogP contribution is 2.32. The number of para-hydroxylation sites is 1. The number of anilines is 1. The van der Waals surface area contributed by atoms with Crippen LogP contribution in [0.2, 0.25) is 0 Å². The van der Waals surface area contributed by atoms with Crippen LogP contribution in [0.15, 0.2) is 71.6 Å². The molecule has 1 heterocycles. The molecule has 0 fully saturated rings. The first-order valence-corrected chi connectivity index (χ1v) is 12.5. The summed E-state index contributed by atoms with van der Waals surface area (Å²) in [4.78, 5) is 24.8. The number of aryl methyl sites for hydroxylation is 1. The van der Waals surface area contributed by atoms with E-state index in [1.165, 1.54) is 24.3 Å². The molecule has 3 aromatic carbocycles. The Morgan fingerprint density at radius 3 is 2.57 bits per heavy atom. The van der Waals surface area contributed by atoms with Gasteiger partial charge in [-0.3, -0.25) is 9.59 Å². The molecule has 0 unspecified atom stereocenters. The van der Waals surface area contributed by atoms with E-state index in [2.05, 4.69) is 15.4 Å². The van der Waals surface area contributed by atoms with Crippen molar-refractivity contribution in [2.75, 3.05) is 18.7 Å². The van der Waals surface area contributed by atoms with Crippen molar-refractivity contribution in [3.05, 3.63) is 83.4 Å². The van der Waals surface area contributed by atoms with Crippen molar-refractivity contribution < 1.29 is 27.5 Å². The quantitative estimate of drug-likeness (QED) is 0.420. The van der Waals surface area contributed by atoms with Crippen LogP contribution < -0.4 is 24.8 Å². The number of ether oxygens (including phenoxy) is 2. The highest BCUT2D eigenvalue weighted by Gasteiger charge is 2.18. The molecule has 0 spiro atoms. The molecule has 3 N–H and O–H groups in total. The standard InChI is InChI=1S/C25H25N3O6S/c1-2-18-6-3-4-9-21(18)28-24(29)15-26-25(30)19-7-5-8-20(13-19)35(31,32)27-14-17-10-11-22-23(12-17)34-16-33-22/h3-13,27H,2,14-16H2,1H3,(H,26,30)(H,28,29). The monoisotopic (exact) mass is 495 g/mol. The molecular weight excluding hydrogens is 470 g/mol. The summed E-state index contributed by atoms with van der Waals surface area (Å²) in [5.74, 6) is 0.228. The SMILES string of the molecule is CCc1ccccc1NC(=O)CNC(=O)c1cccc(S(=O)(=O)NCc2ccc3c(c2)OCO3)c1. The number of nitrogens with one attached hydrogen (secondary N) is 3. The maximum atomic E-state index is 12.8. The number of carbonyl (C=O) groups is 2. The maximum Gasteiger partial charge on any atom is 0.251 e. The zero-order valence-electron chi connectivity index (χ0n) is 19.0. The van der Waals surface area contributed by atoms with Crippen LogP contribution in [0.3, 0.4) is 0 Å². The van der Waals surface area contributed by atoms with Crippen LogP contribution in [0.1, 0.15) is 28.4 Å². The predicted molar refractivity (Wildman–Crippen MR) is 130 cm³/mol. The third kappa shape index (κ3) is 5.97. The largest absolute Gasteiger partial charge is 0.454 e. The van der Waals surface area contributed by atoms with E-state index in [0.717, 1.165) is 12.0 Å². The lowest BCUT2D eigenvalue weighted by Gasteiger charge is -2.11. The first-order chi connectivity index (χ1) is 16.9. The van der Waals surface area contributed by atoms with E-state index in [1.807, 2.05) is 25.1 Å². The van der Waals surface area contributed by atoms with E-state index in [9.17, 15) is 18.0 Å². The Balaban J connectivity index is 1.35. The van der Waals surface area contributed by atoms with Crippen LogP contribution in [-0.4, -0.2) is 33.6 Å². The summed E-state index contributed by atoms with van der Waals surface area (Å²) < 4.78 is 38.6. The Morgan fingerprint density at radius 2 is 1.74 bits per heavy atom. The average molecular weight is 496 g/mol. The number of rotatable bonds is 9. The van der Waals surface area contributed by atoms with Crippen molar-refractivity contribution in [2.24, 2.45) is 0 Å². The van der Waals surface area contributed by atoms with Gasteiger partial charge in [0.05, 0.1) is 11.4 Å². The van der Waals surface area contributed by atoms with Crippen LogP contribution in [0, 0.1) is 0 Å². The number of benzene rings is 3. The highest BCUT2D eigenvalue weighted by molar-refractivity contribution is 7.89. The predicted octanol–water partition coefficient (Wildman–Crippen LogP) is 2.82. The molecule has 3 aromatic rings. The number of fused-ring (bicyclic) bond motifs is 1. The summed E-state index contributed by atoms with van der Waals surface area (Å²) >= 11 is 0. The minimum Gasteiger partial charge on any atom is -0.454 e. The lowest BCUT2D eigenvalue weighted by atomic mass is 10.1. The second-order valence-electron chi connectivity index (χ2n) is 7.78. The summed E-state index contributed by atoms with van der Waals surface area (Å²) in [5, 5.41) is 5.30. The fraction of sp³-hybridized carbons (Fsp3) is 0.200. The topological polar surface area (TPSA) is 123 Å². The lowest BCUT2D eigenvalue weighted by molar-refractivity contribution is -0.115. The molecule has 0 atom stereocenters. The molecule has 1 aliphatic rings. The van der Waals surface area contributed by atoms with E-state index in [4.69, 9.17) is 9.47 Å². The third-order valence-electron chi connectivity index (χ3n) is 5.39. The summed E-state index contributed by atoms with van der Waals surface area (Å²) in [5.41, 5.74) is 2.49. The van der Waals surface area contributed by atoms with Gasteiger partial charge in [0.2, 0.25) is 22.7 Å². The zero-order valence-corrected chi connectivity index (χ0v) is 19.9. The number of hydrogen-bond donors (Lipinski definition) is 3. The zero-order chi connectivity index (χ0) is 24.8. The van der Waals surface area contributed by atoms with E-state index in [1.54, 1.807) is 24.3 Å². The van der Waals surface area contributed by atoms with E-state index < -0.39 is 15.9 Å². The number of hydrogen-bond acceptors (Lipinski definition) is 6. The number of carbonyl (C=O) groups excluding carboxylic acids is 2. The molecule has 10 heteroatoms. The lowest BCUT2D eigenvalue weighted by Crippen LogP contribution is -2.33. The van der Waals surface area contributed by atoms with Gasteiger partial charge >= 0.3 is 0 Å². The molecule has 0 aromatic heterocycles. The normalized spacial score (nSPS) is 12.3. The molecule has 0 saturated heterocycles. The number of sulfonamides is 1. The van der Waals surface area contributed by atoms with Gasteiger partial charge in [0.15, 0.2) is 11.5 Å². The van der Waals surface area contributed by atoms with Gasteiger partial charge in [0.25, 0.3) is 5.91 Å². The molecule has 0 radical (unpaired) electrons. The second-order valence-corrected chi connectivity index (χ2v) is 9.55. The summed E-state index contributed by atoms with van der Waals surface area (Å²) in [6, 6.07) is 18.2. The molecule has 0 aliphatic carbocycles. The van der Waals surface area contributed by atoms with Gasteiger partial charge in [-0.05, 0) is 53.9 Å². The van der Waals surface area contributed by atoms with Gasteiger partial charge in [-0.2, -0.15) is 0 Å². The van der Waals surface area contributed by atoms with Crippen LogP contribution in [0.25, 0.3) is 0 Å². The van der Waals surface area contributed by atoms with Crippen molar-refractivity contribution >= 4 is 27.5 Å². The van der Waals surface area contributed by atoms with Crippen molar-refractivity contribution in [3.63, 3.8) is 0 Å². The van der Waals surface area contributed by atoms with E-state index in [0.29, 0.717) is 22.7 Å². The Hall–Kier alpha value is -3.89. The minimum absolute atomic E-state index is 0.0365. The molecule has 182 valence electrons. The van der Waals surface area contributed by atoms with Gasteiger partial charge in [0, 0.05) is 17.8 Å². The van der Waals surface area contributed by atoms with Crippen molar-refractivity contribution in [1.82, 2.24) is 10.0 Å². The van der Waals surface area contributed by atoms with Crippen LogP contribution in [0.5, 0.6) is 11.5 Å². The van der Waals surface area contributed by atoms with Crippen molar-refractivity contribution in [1.29, 1.82) is 0 Å². The minimum atomic E-state index is -3.89.